The van der Waals surface area contributed by atoms with E-state index >= 15 is 0 Å². The summed E-state index contributed by atoms with van der Waals surface area (Å²) in [6, 6.07) is -0.539. The quantitative estimate of drug-likeness (QED) is 0.0320. The van der Waals surface area contributed by atoms with Crippen LogP contribution in [0.2, 0.25) is 0 Å². The number of carbonyl (C=O) groups is 2. The van der Waals surface area contributed by atoms with Gasteiger partial charge in [0.1, 0.15) is 0 Å². The number of amides is 1. The number of ether oxygens (including phenoxy) is 1. The molecule has 0 heterocycles. The highest BCUT2D eigenvalue weighted by Crippen LogP contribution is 2.21. The van der Waals surface area contributed by atoms with Gasteiger partial charge in [0, 0.05) is 12.8 Å². The number of unbranched alkanes of at least 4 members (excludes halogenated alkanes) is 69. The predicted molar refractivity (Wildman–Crippen MR) is 407 cm³/mol. The van der Waals surface area contributed by atoms with Gasteiger partial charge in [0.25, 0.3) is 0 Å². The highest BCUT2D eigenvalue weighted by atomic mass is 16.5. The molecule has 6 nitrogen and oxygen atoms in total. The van der Waals surface area contributed by atoms with Crippen molar-refractivity contribution in [2.75, 3.05) is 13.2 Å². The molecule has 2 unspecified atom stereocenters. The zero-order valence-corrected chi connectivity index (χ0v) is 63.1. The molecule has 548 valence electrons. The molecular weight excluding hydrogens is 1130 g/mol. The molecule has 0 spiro atoms. The maximum absolute atomic E-state index is 12.6. The van der Waals surface area contributed by atoms with Gasteiger partial charge in [0.15, 0.2) is 0 Å². The highest BCUT2D eigenvalue weighted by Gasteiger charge is 2.20. The molecular formula is C86H169NO5. The monoisotopic (exact) mass is 1300 g/mol. The number of esters is 1. The third kappa shape index (κ3) is 77.6. The van der Waals surface area contributed by atoms with Gasteiger partial charge in [0.05, 0.1) is 25.4 Å². The number of aliphatic hydroxyl groups excluding tert-OH is 2. The lowest BCUT2D eigenvalue weighted by Gasteiger charge is -2.22. The molecule has 0 fully saturated rings. The van der Waals surface area contributed by atoms with Crippen molar-refractivity contribution >= 4 is 11.9 Å². The molecule has 0 saturated carbocycles. The van der Waals surface area contributed by atoms with Gasteiger partial charge in [-0.05, 0) is 51.4 Å². The molecule has 0 aromatic heterocycles. The first-order valence-corrected chi connectivity index (χ1v) is 42.9. The van der Waals surface area contributed by atoms with Gasteiger partial charge in [-0.3, -0.25) is 9.59 Å². The number of rotatable bonds is 82. The van der Waals surface area contributed by atoms with Crippen molar-refractivity contribution < 1.29 is 24.5 Å². The van der Waals surface area contributed by atoms with Crippen LogP contribution in [0.5, 0.6) is 0 Å². The summed E-state index contributed by atoms with van der Waals surface area (Å²) in [5.41, 5.74) is 0. The van der Waals surface area contributed by atoms with E-state index in [-0.39, 0.29) is 18.5 Å². The fourth-order valence-electron chi connectivity index (χ4n) is 14.1. The first kappa shape index (κ1) is 90.6. The molecule has 0 aromatic carbocycles. The summed E-state index contributed by atoms with van der Waals surface area (Å²) in [5.74, 6) is 0.000431. The molecule has 0 saturated heterocycles. The average Bonchev–Trinajstić information content (AvgIpc) is 3.77. The Morgan fingerprint density at radius 3 is 0.772 bits per heavy atom. The van der Waals surface area contributed by atoms with Crippen LogP contribution in [-0.4, -0.2) is 47.4 Å². The Bertz CT molecular complexity index is 1400. The largest absolute Gasteiger partial charge is 0.466 e. The van der Waals surface area contributed by atoms with Crippen molar-refractivity contribution in [3.63, 3.8) is 0 Å². The molecule has 0 bridgehead atoms. The van der Waals surface area contributed by atoms with E-state index in [2.05, 4.69) is 31.3 Å². The number of allylic oxidation sites excluding steroid dienone is 2. The molecule has 1 amide bonds. The van der Waals surface area contributed by atoms with E-state index in [0.717, 1.165) is 38.5 Å². The normalized spacial score (nSPS) is 12.4. The Labute approximate surface area is 578 Å². The van der Waals surface area contributed by atoms with Gasteiger partial charge in [0.2, 0.25) is 5.91 Å². The van der Waals surface area contributed by atoms with Crippen molar-refractivity contribution in [3.05, 3.63) is 12.2 Å². The minimum absolute atomic E-state index is 0.0240. The second-order valence-corrected chi connectivity index (χ2v) is 29.9. The molecule has 3 N–H and O–H groups in total. The van der Waals surface area contributed by atoms with Crippen LogP contribution in [0.15, 0.2) is 12.2 Å². The maximum atomic E-state index is 12.6. The average molecular weight is 1300 g/mol. The molecule has 0 aliphatic rings. The topological polar surface area (TPSA) is 95.9 Å². The Kier molecular flexibility index (Phi) is 80.8. The first-order valence-electron chi connectivity index (χ1n) is 42.9. The number of nitrogens with one attached hydrogen (secondary N) is 1. The third-order valence-corrected chi connectivity index (χ3v) is 20.6. The predicted octanol–water partition coefficient (Wildman–Crippen LogP) is 28.6. The fraction of sp³-hybridized carbons (Fsp3) is 0.953. The van der Waals surface area contributed by atoms with Crippen LogP contribution in [0.3, 0.4) is 0 Å². The Morgan fingerprint density at radius 1 is 0.293 bits per heavy atom. The summed E-state index contributed by atoms with van der Waals surface area (Å²) in [6.45, 7) is 5.02. The summed E-state index contributed by atoms with van der Waals surface area (Å²) < 4.78 is 5.49. The van der Waals surface area contributed by atoms with Crippen molar-refractivity contribution in [3.8, 4) is 0 Å². The summed E-state index contributed by atoms with van der Waals surface area (Å²) in [7, 11) is 0. The number of hydrogen-bond donors (Lipinski definition) is 3. The second kappa shape index (κ2) is 82.0. The Morgan fingerprint density at radius 2 is 0.511 bits per heavy atom. The van der Waals surface area contributed by atoms with Crippen molar-refractivity contribution in [1.82, 2.24) is 5.32 Å². The van der Waals surface area contributed by atoms with E-state index in [4.69, 9.17) is 4.74 Å². The van der Waals surface area contributed by atoms with Crippen LogP contribution < -0.4 is 5.32 Å². The van der Waals surface area contributed by atoms with E-state index in [1.807, 2.05) is 0 Å². The van der Waals surface area contributed by atoms with Crippen molar-refractivity contribution in [1.29, 1.82) is 0 Å². The molecule has 2 atom stereocenters. The van der Waals surface area contributed by atoms with Gasteiger partial charge in [-0.2, -0.15) is 0 Å². The SMILES string of the molecule is CCCCCCCCCCCCCCCCCCCCCCCCCCC(O)C(CO)NC(=O)CCCCCCCCCCCCCCCCCCC/C=C\CCCCCCCCCCCCCCCCCCCCOC(=O)CCCCCCCCCCCCCC. The number of carbonyl (C=O) groups excluding carboxylic acids is 2. The van der Waals surface area contributed by atoms with E-state index < -0.39 is 12.1 Å². The van der Waals surface area contributed by atoms with Gasteiger partial charge in [-0.1, -0.05) is 450 Å². The molecule has 0 aromatic rings. The summed E-state index contributed by atoms with van der Waals surface area (Å²) in [4.78, 5) is 24.6. The molecule has 0 radical (unpaired) electrons. The fourth-order valence-corrected chi connectivity index (χ4v) is 14.1. The van der Waals surface area contributed by atoms with Crippen LogP contribution >= 0.6 is 0 Å². The smallest absolute Gasteiger partial charge is 0.305 e. The zero-order chi connectivity index (χ0) is 66.3. The minimum Gasteiger partial charge on any atom is -0.466 e. The lowest BCUT2D eigenvalue weighted by molar-refractivity contribution is -0.143. The summed E-state index contributed by atoms with van der Waals surface area (Å²) >= 11 is 0. The highest BCUT2D eigenvalue weighted by molar-refractivity contribution is 5.76. The summed E-state index contributed by atoms with van der Waals surface area (Å²) in [6.07, 6.45) is 105. The molecule has 0 rings (SSSR count). The third-order valence-electron chi connectivity index (χ3n) is 20.6. The van der Waals surface area contributed by atoms with Crippen LogP contribution in [0.1, 0.15) is 502 Å². The Hall–Kier alpha value is -1.40. The van der Waals surface area contributed by atoms with Gasteiger partial charge in [-0.15, -0.1) is 0 Å². The van der Waals surface area contributed by atoms with Crippen molar-refractivity contribution in [2.24, 2.45) is 0 Å². The molecule has 92 heavy (non-hydrogen) atoms. The minimum atomic E-state index is -0.662. The summed E-state index contributed by atoms with van der Waals surface area (Å²) in [5, 5.41) is 23.5. The van der Waals surface area contributed by atoms with E-state index in [1.54, 1.807) is 0 Å². The van der Waals surface area contributed by atoms with Gasteiger partial charge in [-0.25, -0.2) is 0 Å². The van der Waals surface area contributed by atoms with Gasteiger partial charge < -0.3 is 20.3 Å². The molecule has 0 aliphatic carbocycles. The van der Waals surface area contributed by atoms with E-state index in [9.17, 15) is 19.8 Å². The van der Waals surface area contributed by atoms with Crippen LogP contribution in [0.4, 0.5) is 0 Å². The maximum Gasteiger partial charge on any atom is 0.305 e. The second-order valence-electron chi connectivity index (χ2n) is 29.9. The lowest BCUT2D eigenvalue weighted by atomic mass is 10.0. The number of aliphatic hydroxyl groups is 2. The van der Waals surface area contributed by atoms with Crippen LogP contribution in [0, 0.1) is 0 Å². The van der Waals surface area contributed by atoms with Crippen LogP contribution in [0.25, 0.3) is 0 Å². The van der Waals surface area contributed by atoms with Crippen molar-refractivity contribution in [2.45, 2.75) is 514 Å². The van der Waals surface area contributed by atoms with Gasteiger partial charge >= 0.3 is 5.97 Å². The van der Waals surface area contributed by atoms with E-state index in [1.165, 1.54) is 430 Å². The molecule has 6 heteroatoms. The first-order chi connectivity index (χ1) is 45.5. The van der Waals surface area contributed by atoms with Crippen LogP contribution in [-0.2, 0) is 14.3 Å². The Balaban J connectivity index is 3.32. The standard InChI is InChI=1S/C86H169NO5/c1-3-5-7-9-11-13-15-17-18-19-20-21-22-40-43-46-49-52-55-58-62-66-70-74-78-84(89)83(82-88)87-85(90)79-75-71-67-63-59-56-53-50-47-44-41-38-36-34-32-30-28-26-24-23-25-27-29-31-33-35-37-39-42-45-48-51-54-57-61-65-69-73-77-81-92-86(91)80-76-72-68-64-60-16-14-12-10-8-6-4-2/h23-24,83-84,88-89H,3-22,25-82H2,1-2H3,(H,87,90)/b24-23-. The van der Waals surface area contributed by atoms with E-state index in [0.29, 0.717) is 25.9 Å². The number of hydrogen-bond acceptors (Lipinski definition) is 5. The molecule has 0 aliphatic heterocycles. The zero-order valence-electron chi connectivity index (χ0n) is 63.1. The lowest BCUT2D eigenvalue weighted by Crippen LogP contribution is -2.45.